The van der Waals surface area contributed by atoms with E-state index in [9.17, 15) is 4.79 Å². The number of rotatable bonds is 3. The summed E-state index contributed by atoms with van der Waals surface area (Å²) in [6.07, 6.45) is 3.12. The molecule has 1 saturated carbocycles. The molecule has 2 heterocycles. The van der Waals surface area contributed by atoms with Crippen LogP contribution in [0.25, 0.3) is 0 Å². The molecule has 0 atom stereocenters. The van der Waals surface area contributed by atoms with Crippen molar-refractivity contribution in [1.29, 1.82) is 5.41 Å². The van der Waals surface area contributed by atoms with Gasteiger partial charge in [-0.2, -0.15) is 0 Å². The lowest BCUT2D eigenvalue weighted by molar-refractivity contribution is -0.121. The Morgan fingerprint density at radius 1 is 1.07 bits per heavy atom. The van der Waals surface area contributed by atoms with Gasteiger partial charge in [-0.25, -0.2) is 0 Å². The zero-order chi connectivity index (χ0) is 20.2. The highest BCUT2D eigenvalue weighted by atomic mass is 16.5. The minimum absolute atomic E-state index is 0.0471. The lowest BCUT2D eigenvalue weighted by Crippen LogP contribution is -2.55. The van der Waals surface area contributed by atoms with E-state index >= 15 is 0 Å². The Morgan fingerprint density at radius 3 is 2.34 bits per heavy atom. The molecule has 2 N–H and O–H groups in total. The van der Waals surface area contributed by atoms with Crippen molar-refractivity contribution >= 4 is 23.0 Å². The maximum Gasteiger partial charge on any atom is 0.194 e. The molecule has 0 unspecified atom stereocenters. The van der Waals surface area contributed by atoms with E-state index in [1.807, 2.05) is 35.2 Å². The molecule has 6 heteroatoms. The van der Waals surface area contributed by atoms with E-state index in [-0.39, 0.29) is 11.6 Å². The number of para-hydroxylation sites is 1. The smallest absolute Gasteiger partial charge is 0.194 e. The Kier molecular flexibility index (Phi) is 3.91. The standard InChI is InChI=1S/C23H23N3O3/c1-28-16-11-15(12-17(13-16)29-2)26-22(24)20(21(27)23(26)8-5-9-23)19-10-14-6-3-4-7-18(14)25-19/h3-4,6-7,11-13,24-25H,5,8-10H2,1-2H3. The first-order valence-corrected chi connectivity index (χ1v) is 9.82. The highest BCUT2D eigenvalue weighted by Crippen LogP contribution is 2.50. The summed E-state index contributed by atoms with van der Waals surface area (Å²) < 4.78 is 10.8. The number of hydrogen-bond donors (Lipinski definition) is 2. The molecule has 1 aliphatic carbocycles. The van der Waals surface area contributed by atoms with Crippen LogP contribution in [-0.4, -0.2) is 31.4 Å². The summed E-state index contributed by atoms with van der Waals surface area (Å²) in [5, 5.41) is 12.4. The highest BCUT2D eigenvalue weighted by molar-refractivity contribution is 6.37. The Morgan fingerprint density at radius 2 is 1.76 bits per heavy atom. The van der Waals surface area contributed by atoms with Gasteiger partial charge in [-0.1, -0.05) is 18.2 Å². The van der Waals surface area contributed by atoms with Crippen molar-refractivity contribution < 1.29 is 14.3 Å². The quantitative estimate of drug-likeness (QED) is 0.779. The average Bonchev–Trinajstić information content (AvgIpc) is 3.22. The second-order valence-electron chi connectivity index (χ2n) is 7.78. The molecular formula is C23H23N3O3. The molecule has 5 rings (SSSR count). The Hall–Kier alpha value is -3.28. The molecule has 148 valence electrons. The normalized spacial score (nSPS) is 21.8. The number of benzene rings is 2. The number of hydrogen-bond acceptors (Lipinski definition) is 5. The number of nitrogens with one attached hydrogen (secondary N) is 2. The molecule has 0 radical (unpaired) electrons. The van der Waals surface area contributed by atoms with Crippen LogP contribution in [0.1, 0.15) is 24.8 Å². The SMILES string of the molecule is COc1cc(OC)cc(N2C(=N)C(=C3Cc4ccccc4N3)C(=O)C23CCC3)c1. The van der Waals surface area contributed by atoms with E-state index in [1.165, 1.54) is 0 Å². The number of amidine groups is 1. The fourth-order valence-corrected chi connectivity index (χ4v) is 4.65. The van der Waals surface area contributed by atoms with Gasteiger partial charge in [0.15, 0.2) is 5.78 Å². The fourth-order valence-electron chi connectivity index (χ4n) is 4.65. The summed E-state index contributed by atoms with van der Waals surface area (Å²) in [5.41, 5.74) is 3.57. The van der Waals surface area contributed by atoms with Gasteiger partial charge in [0.05, 0.1) is 25.5 Å². The maximum atomic E-state index is 13.6. The number of carbonyl (C=O) groups excluding carboxylic acids is 1. The van der Waals surface area contributed by atoms with Gasteiger partial charge in [0.25, 0.3) is 0 Å². The van der Waals surface area contributed by atoms with Crippen LogP contribution >= 0.6 is 0 Å². The molecule has 0 aromatic heterocycles. The molecule has 6 nitrogen and oxygen atoms in total. The van der Waals surface area contributed by atoms with Crippen molar-refractivity contribution in [3.63, 3.8) is 0 Å². The van der Waals surface area contributed by atoms with Crippen LogP contribution in [-0.2, 0) is 11.2 Å². The minimum Gasteiger partial charge on any atom is -0.497 e. The predicted octanol–water partition coefficient (Wildman–Crippen LogP) is 3.92. The van der Waals surface area contributed by atoms with E-state index in [0.29, 0.717) is 23.5 Å². The minimum atomic E-state index is -0.673. The first-order chi connectivity index (χ1) is 14.1. The van der Waals surface area contributed by atoms with Gasteiger partial charge in [0.2, 0.25) is 0 Å². The maximum absolute atomic E-state index is 13.6. The van der Waals surface area contributed by atoms with Crippen LogP contribution in [0.3, 0.4) is 0 Å². The van der Waals surface area contributed by atoms with Crippen molar-refractivity contribution in [1.82, 2.24) is 0 Å². The second kappa shape index (κ2) is 6.37. The van der Waals surface area contributed by atoms with E-state index in [1.54, 1.807) is 20.3 Å². The van der Waals surface area contributed by atoms with Crippen molar-refractivity contribution in [2.45, 2.75) is 31.2 Å². The molecule has 0 amide bonds. The highest BCUT2D eigenvalue weighted by Gasteiger charge is 2.58. The van der Waals surface area contributed by atoms with E-state index in [4.69, 9.17) is 14.9 Å². The zero-order valence-corrected chi connectivity index (χ0v) is 16.5. The molecule has 1 spiro atoms. The third-order valence-corrected chi connectivity index (χ3v) is 6.29. The van der Waals surface area contributed by atoms with Crippen molar-refractivity contribution in [3.05, 3.63) is 59.3 Å². The summed E-state index contributed by atoms with van der Waals surface area (Å²) >= 11 is 0. The molecular weight excluding hydrogens is 366 g/mol. The topological polar surface area (TPSA) is 74.7 Å². The fraction of sp³-hybridized carbons (Fsp3) is 0.304. The van der Waals surface area contributed by atoms with E-state index in [2.05, 4.69) is 11.4 Å². The Bertz CT molecular complexity index is 1020. The number of methoxy groups -OCH3 is 2. The van der Waals surface area contributed by atoms with Crippen molar-refractivity contribution in [2.75, 3.05) is 24.4 Å². The summed E-state index contributed by atoms with van der Waals surface area (Å²) in [6, 6.07) is 13.6. The lowest BCUT2D eigenvalue weighted by Gasteiger charge is -2.44. The van der Waals surface area contributed by atoms with Gasteiger partial charge in [0.1, 0.15) is 22.9 Å². The Labute approximate surface area is 169 Å². The number of fused-ring (bicyclic) bond motifs is 1. The van der Waals surface area contributed by atoms with E-state index < -0.39 is 5.54 Å². The average molecular weight is 389 g/mol. The summed E-state index contributed by atoms with van der Waals surface area (Å²) in [7, 11) is 3.20. The third kappa shape index (κ3) is 2.48. The van der Waals surface area contributed by atoms with Crippen LogP contribution in [0.4, 0.5) is 11.4 Å². The molecule has 29 heavy (non-hydrogen) atoms. The first kappa shape index (κ1) is 17.8. The van der Waals surface area contributed by atoms with Gasteiger partial charge >= 0.3 is 0 Å². The van der Waals surface area contributed by atoms with Crippen LogP contribution < -0.4 is 19.7 Å². The molecule has 2 aliphatic heterocycles. The number of ether oxygens (including phenoxy) is 2. The second-order valence-corrected chi connectivity index (χ2v) is 7.78. The number of ketones is 1. The van der Waals surface area contributed by atoms with Gasteiger partial charge < -0.3 is 19.7 Å². The van der Waals surface area contributed by atoms with Crippen LogP contribution in [0.15, 0.2) is 53.7 Å². The van der Waals surface area contributed by atoms with Crippen molar-refractivity contribution in [2.24, 2.45) is 0 Å². The number of nitrogens with zero attached hydrogens (tertiary/aromatic N) is 1. The van der Waals surface area contributed by atoms with Crippen molar-refractivity contribution in [3.8, 4) is 11.5 Å². The summed E-state index contributed by atoms with van der Waals surface area (Å²) in [6.45, 7) is 0. The predicted molar refractivity (Wildman–Crippen MR) is 112 cm³/mol. The van der Waals surface area contributed by atoms with Gasteiger partial charge in [-0.05, 0) is 30.9 Å². The number of anilines is 2. The molecule has 1 saturated heterocycles. The molecule has 2 aromatic rings. The van der Waals surface area contributed by atoms with E-state index in [0.717, 1.165) is 41.9 Å². The number of allylic oxidation sites excluding steroid dienone is 1. The molecule has 3 aliphatic rings. The summed E-state index contributed by atoms with van der Waals surface area (Å²) in [5.74, 6) is 1.58. The largest absolute Gasteiger partial charge is 0.497 e. The van der Waals surface area contributed by atoms with Crippen LogP contribution in [0.5, 0.6) is 11.5 Å². The molecule has 2 aromatic carbocycles. The van der Waals surface area contributed by atoms with Crippen LogP contribution in [0, 0.1) is 5.41 Å². The number of carbonyl (C=O) groups is 1. The third-order valence-electron chi connectivity index (χ3n) is 6.29. The monoisotopic (exact) mass is 389 g/mol. The Balaban J connectivity index is 1.62. The summed E-state index contributed by atoms with van der Waals surface area (Å²) in [4.78, 5) is 15.5. The first-order valence-electron chi connectivity index (χ1n) is 9.82. The van der Waals surface area contributed by atoms with Gasteiger partial charge in [-0.3, -0.25) is 10.2 Å². The molecule has 2 fully saturated rings. The van der Waals surface area contributed by atoms with Crippen LogP contribution in [0.2, 0.25) is 0 Å². The zero-order valence-electron chi connectivity index (χ0n) is 16.5. The molecule has 0 bridgehead atoms. The lowest BCUT2D eigenvalue weighted by atomic mass is 9.73. The van der Waals surface area contributed by atoms with Gasteiger partial charge in [-0.15, -0.1) is 0 Å². The number of Topliss-reactive ketones (excluding diaryl/α,β-unsaturated/α-hetero) is 1. The van der Waals surface area contributed by atoms with Gasteiger partial charge in [0, 0.05) is 36.0 Å².